The number of para-hydroxylation sites is 1. The molecule has 1 N–H and O–H groups in total. The van der Waals surface area contributed by atoms with Crippen LogP contribution in [0.5, 0.6) is 5.75 Å². The Morgan fingerprint density at radius 1 is 1.24 bits per heavy atom. The highest BCUT2D eigenvalue weighted by Crippen LogP contribution is 2.32. The van der Waals surface area contributed by atoms with Crippen molar-refractivity contribution in [3.05, 3.63) is 45.3 Å². The van der Waals surface area contributed by atoms with Crippen LogP contribution in [0.25, 0.3) is 0 Å². The quantitative estimate of drug-likeness (QED) is 0.711. The van der Waals surface area contributed by atoms with E-state index >= 15 is 0 Å². The molecule has 0 saturated carbocycles. The summed E-state index contributed by atoms with van der Waals surface area (Å²) >= 11 is 12.1. The first-order valence-electron chi connectivity index (χ1n) is 9.52. The van der Waals surface area contributed by atoms with E-state index in [0.29, 0.717) is 60.7 Å². The van der Waals surface area contributed by atoms with Crippen molar-refractivity contribution in [1.29, 1.82) is 0 Å². The molecule has 9 heteroatoms. The van der Waals surface area contributed by atoms with Gasteiger partial charge in [0, 0.05) is 38.3 Å². The van der Waals surface area contributed by atoms with Gasteiger partial charge < -0.3 is 19.3 Å². The summed E-state index contributed by atoms with van der Waals surface area (Å²) in [4.78, 5) is 16.5. The summed E-state index contributed by atoms with van der Waals surface area (Å²) in [5.74, 6) is 1.14. The summed E-state index contributed by atoms with van der Waals surface area (Å²) in [6, 6.07) is 5.11. The predicted molar refractivity (Wildman–Crippen MR) is 111 cm³/mol. The molecule has 1 fully saturated rings. The lowest BCUT2D eigenvalue weighted by Crippen LogP contribution is -2.51. The number of carbonyl (C=O) groups is 1. The minimum Gasteiger partial charge on any atom is -0.488 e. The fourth-order valence-corrected chi connectivity index (χ4v) is 3.85. The molecule has 1 aliphatic rings. The van der Waals surface area contributed by atoms with Gasteiger partial charge in [-0.25, -0.2) is 0 Å². The van der Waals surface area contributed by atoms with E-state index in [1.165, 1.54) is 0 Å². The molecule has 1 unspecified atom stereocenters. The lowest BCUT2D eigenvalue weighted by atomic mass is 10.1. The zero-order chi connectivity index (χ0) is 21.0. The summed E-state index contributed by atoms with van der Waals surface area (Å²) in [7, 11) is 0. The average Bonchev–Trinajstić information content (AvgIpc) is 3.00. The largest absolute Gasteiger partial charge is 0.488 e. The Labute approximate surface area is 180 Å². The van der Waals surface area contributed by atoms with Crippen LogP contribution in [-0.4, -0.2) is 71.4 Å². The molecule has 7 nitrogen and oxygen atoms in total. The van der Waals surface area contributed by atoms with E-state index in [9.17, 15) is 9.90 Å². The zero-order valence-corrected chi connectivity index (χ0v) is 18.0. The van der Waals surface area contributed by atoms with Crippen molar-refractivity contribution in [3.63, 3.8) is 0 Å². The standard InChI is InChI=1S/C20H25Cl2N3O4/c1-13-16(14(2)29-23-13)10-19(27)25-8-6-24(7-9-25)11-15(26)12-28-20-17(21)4-3-5-18(20)22/h3-5,15,26H,6-12H2,1-2H3. The summed E-state index contributed by atoms with van der Waals surface area (Å²) in [5, 5.41) is 15.0. The van der Waals surface area contributed by atoms with E-state index in [0.717, 1.165) is 11.3 Å². The van der Waals surface area contributed by atoms with Gasteiger partial charge in [0.05, 0.1) is 22.2 Å². The number of halogens is 2. The van der Waals surface area contributed by atoms with Gasteiger partial charge in [0.25, 0.3) is 0 Å². The van der Waals surface area contributed by atoms with Gasteiger partial charge >= 0.3 is 0 Å². The van der Waals surface area contributed by atoms with Gasteiger partial charge in [-0.05, 0) is 26.0 Å². The van der Waals surface area contributed by atoms with E-state index in [1.54, 1.807) is 18.2 Å². The third-order valence-electron chi connectivity index (χ3n) is 5.04. The maximum atomic E-state index is 12.6. The van der Waals surface area contributed by atoms with E-state index in [1.807, 2.05) is 18.7 Å². The van der Waals surface area contributed by atoms with Crippen LogP contribution in [0.3, 0.4) is 0 Å². The van der Waals surface area contributed by atoms with Crippen LogP contribution in [0.4, 0.5) is 0 Å². The van der Waals surface area contributed by atoms with Crippen molar-refractivity contribution in [2.24, 2.45) is 0 Å². The molecule has 29 heavy (non-hydrogen) atoms. The highest BCUT2D eigenvalue weighted by atomic mass is 35.5. The second-order valence-corrected chi connectivity index (χ2v) is 7.99. The number of rotatable bonds is 7. The first kappa shape index (κ1) is 21.9. The van der Waals surface area contributed by atoms with Gasteiger partial charge in [0.1, 0.15) is 18.5 Å². The van der Waals surface area contributed by atoms with Crippen molar-refractivity contribution >= 4 is 29.1 Å². The molecule has 1 aromatic heterocycles. The van der Waals surface area contributed by atoms with Gasteiger partial charge in [-0.3, -0.25) is 9.69 Å². The Balaban J connectivity index is 1.43. The lowest BCUT2D eigenvalue weighted by Gasteiger charge is -2.35. The van der Waals surface area contributed by atoms with Crippen molar-refractivity contribution < 1.29 is 19.2 Å². The summed E-state index contributed by atoms with van der Waals surface area (Å²) in [6.07, 6.45) is -0.386. The molecule has 1 amide bonds. The van der Waals surface area contributed by atoms with E-state index in [4.69, 9.17) is 32.5 Å². The number of aliphatic hydroxyl groups is 1. The fraction of sp³-hybridized carbons (Fsp3) is 0.500. The monoisotopic (exact) mass is 441 g/mol. The predicted octanol–water partition coefficient (Wildman–Crippen LogP) is 2.72. The molecule has 2 aromatic rings. The van der Waals surface area contributed by atoms with Crippen molar-refractivity contribution in [2.75, 3.05) is 39.3 Å². The Morgan fingerprint density at radius 2 is 1.90 bits per heavy atom. The van der Waals surface area contributed by atoms with Crippen LogP contribution >= 0.6 is 23.2 Å². The van der Waals surface area contributed by atoms with Crippen LogP contribution < -0.4 is 4.74 Å². The topological polar surface area (TPSA) is 79.0 Å². The highest BCUT2D eigenvalue weighted by molar-refractivity contribution is 6.37. The van der Waals surface area contributed by atoms with Gasteiger partial charge in [0.15, 0.2) is 5.75 Å². The number of hydrogen-bond acceptors (Lipinski definition) is 6. The van der Waals surface area contributed by atoms with Gasteiger partial charge in [-0.2, -0.15) is 0 Å². The third kappa shape index (κ3) is 5.63. The summed E-state index contributed by atoms with van der Waals surface area (Å²) < 4.78 is 10.7. The van der Waals surface area contributed by atoms with Crippen molar-refractivity contribution in [1.82, 2.24) is 15.0 Å². The number of amides is 1. The SMILES string of the molecule is Cc1noc(C)c1CC(=O)N1CCN(CC(O)COc2c(Cl)cccc2Cl)CC1. The Hall–Kier alpha value is -1.80. The smallest absolute Gasteiger partial charge is 0.227 e. The Morgan fingerprint density at radius 3 is 2.48 bits per heavy atom. The normalized spacial score (nSPS) is 16.1. The molecule has 0 bridgehead atoms. The number of carbonyl (C=O) groups excluding carboxylic acids is 1. The average molecular weight is 442 g/mol. The van der Waals surface area contributed by atoms with Gasteiger partial charge in [-0.15, -0.1) is 0 Å². The van der Waals surface area contributed by atoms with E-state index < -0.39 is 6.10 Å². The minimum atomic E-state index is -0.688. The molecule has 3 rings (SSSR count). The number of nitrogens with zero attached hydrogens (tertiary/aromatic N) is 3. The summed E-state index contributed by atoms with van der Waals surface area (Å²) in [5.41, 5.74) is 1.62. The number of β-amino-alcohol motifs (C(OH)–C–C–N with tert-alkyl or cyclic N) is 1. The molecule has 1 aliphatic heterocycles. The zero-order valence-electron chi connectivity index (χ0n) is 16.5. The first-order chi connectivity index (χ1) is 13.8. The number of benzene rings is 1. The number of aromatic nitrogens is 1. The molecule has 2 heterocycles. The van der Waals surface area contributed by atoms with Crippen LogP contribution in [0.15, 0.2) is 22.7 Å². The molecule has 158 valence electrons. The molecule has 0 aliphatic carbocycles. The number of aliphatic hydroxyl groups excluding tert-OH is 1. The van der Waals surface area contributed by atoms with E-state index in [2.05, 4.69) is 10.1 Å². The van der Waals surface area contributed by atoms with Crippen LogP contribution in [0, 0.1) is 13.8 Å². The highest BCUT2D eigenvalue weighted by Gasteiger charge is 2.24. The second-order valence-electron chi connectivity index (χ2n) is 7.18. The van der Waals surface area contributed by atoms with Crippen LogP contribution in [0.2, 0.25) is 10.0 Å². The van der Waals surface area contributed by atoms with Crippen LogP contribution in [-0.2, 0) is 11.2 Å². The molecular weight excluding hydrogens is 417 g/mol. The first-order valence-corrected chi connectivity index (χ1v) is 10.3. The maximum Gasteiger partial charge on any atom is 0.227 e. The minimum absolute atomic E-state index is 0.0660. The number of piperazine rings is 1. The lowest BCUT2D eigenvalue weighted by molar-refractivity contribution is -0.132. The molecule has 0 spiro atoms. The number of aryl methyl sites for hydroxylation is 2. The third-order valence-corrected chi connectivity index (χ3v) is 5.64. The van der Waals surface area contributed by atoms with Crippen LogP contribution in [0.1, 0.15) is 17.0 Å². The molecule has 1 aromatic carbocycles. The molecule has 0 radical (unpaired) electrons. The maximum absolute atomic E-state index is 12.6. The van der Waals surface area contributed by atoms with Crippen molar-refractivity contribution in [2.45, 2.75) is 26.4 Å². The molecular formula is C20H25Cl2N3O4. The molecule has 1 saturated heterocycles. The van der Waals surface area contributed by atoms with Crippen molar-refractivity contribution in [3.8, 4) is 5.75 Å². The van der Waals surface area contributed by atoms with Gasteiger partial charge in [0.2, 0.25) is 5.91 Å². The Kier molecular flexibility index (Phi) is 7.40. The summed E-state index contributed by atoms with van der Waals surface area (Å²) in [6.45, 7) is 6.82. The number of hydrogen-bond donors (Lipinski definition) is 1. The van der Waals surface area contributed by atoms with Gasteiger partial charge in [-0.1, -0.05) is 34.4 Å². The second kappa shape index (κ2) is 9.80. The molecule has 1 atom stereocenters. The number of ether oxygens (including phenoxy) is 1. The van der Waals surface area contributed by atoms with E-state index in [-0.39, 0.29) is 12.5 Å². The Bertz CT molecular complexity index is 810. The fourth-order valence-electron chi connectivity index (χ4n) is 3.35.